The molecule has 2 heterocycles. The Morgan fingerprint density at radius 3 is 2.35 bits per heavy atom. The van der Waals surface area contributed by atoms with Crippen LogP contribution >= 0.6 is 27.3 Å². The van der Waals surface area contributed by atoms with Crippen LogP contribution in [0.3, 0.4) is 0 Å². The van der Waals surface area contributed by atoms with E-state index < -0.39 is 10.0 Å². The smallest absolute Gasteiger partial charge is 0.252 e. The molecule has 0 spiro atoms. The SMILES string of the molecule is O=CN1CCN(S(=O)(=O)c2ccc(Br)s2)CC1. The lowest BCUT2D eigenvalue weighted by Crippen LogP contribution is -2.47. The Morgan fingerprint density at radius 2 is 1.88 bits per heavy atom. The number of amides is 1. The number of hydrogen-bond donors (Lipinski definition) is 0. The van der Waals surface area contributed by atoms with Crippen LogP contribution in [0.25, 0.3) is 0 Å². The first-order valence-electron chi connectivity index (χ1n) is 4.99. The molecule has 0 atom stereocenters. The molecule has 0 radical (unpaired) electrons. The number of thiophene rings is 1. The number of nitrogens with zero attached hydrogens (tertiary/aromatic N) is 2. The van der Waals surface area contributed by atoms with Crippen molar-refractivity contribution in [1.29, 1.82) is 0 Å². The third kappa shape index (κ3) is 2.70. The summed E-state index contributed by atoms with van der Waals surface area (Å²) in [6.45, 7) is 1.62. The molecule has 1 fully saturated rings. The van der Waals surface area contributed by atoms with E-state index >= 15 is 0 Å². The van der Waals surface area contributed by atoms with Gasteiger partial charge in [0, 0.05) is 26.2 Å². The van der Waals surface area contributed by atoms with Crippen LogP contribution in [0, 0.1) is 0 Å². The molecule has 1 amide bonds. The molecule has 8 heteroatoms. The van der Waals surface area contributed by atoms with Crippen LogP contribution in [0.2, 0.25) is 0 Å². The highest BCUT2D eigenvalue weighted by atomic mass is 79.9. The maximum atomic E-state index is 12.2. The van der Waals surface area contributed by atoms with Crippen LogP contribution in [0.4, 0.5) is 0 Å². The first-order valence-corrected chi connectivity index (χ1v) is 8.04. The highest BCUT2D eigenvalue weighted by molar-refractivity contribution is 9.11. The molecule has 0 N–H and O–H groups in total. The van der Waals surface area contributed by atoms with E-state index in [1.807, 2.05) is 0 Å². The van der Waals surface area contributed by atoms with E-state index in [-0.39, 0.29) is 0 Å². The van der Waals surface area contributed by atoms with Crippen molar-refractivity contribution in [2.45, 2.75) is 4.21 Å². The second kappa shape index (κ2) is 5.05. The lowest BCUT2D eigenvalue weighted by molar-refractivity contribution is -0.119. The molecular formula is C9H11BrN2O3S2. The minimum absolute atomic E-state index is 0.337. The zero-order valence-corrected chi connectivity index (χ0v) is 12.1. The van der Waals surface area contributed by atoms with Crippen molar-refractivity contribution in [2.75, 3.05) is 26.2 Å². The Kier molecular flexibility index (Phi) is 3.86. The minimum atomic E-state index is -3.39. The number of sulfonamides is 1. The molecule has 94 valence electrons. The summed E-state index contributed by atoms with van der Waals surface area (Å²) in [6, 6.07) is 3.31. The van der Waals surface area contributed by atoms with Crippen molar-refractivity contribution in [3.05, 3.63) is 15.9 Å². The number of halogens is 1. The van der Waals surface area contributed by atoms with Crippen molar-refractivity contribution in [3.63, 3.8) is 0 Å². The number of hydrogen-bond acceptors (Lipinski definition) is 4. The molecule has 0 saturated carbocycles. The monoisotopic (exact) mass is 338 g/mol. The molecule has 1 aliphatic heterocycles. The molecule has 1 aromatic rings. The minimum Gasteiger partial charge on any atom is -0.343 e. The first-order chi connectivity index (χ1) is 8.04. The fourth-order valence-electron chi connectivity index (χ4n) is 1.61. The Morgan fingerprint density at radius 1 is 1.24 bits per heavy atom. The molecule has 0 aromatic carbocycles. The van der Waals surface area contributed by atoms with Gasteiger partial charge in [-0.3, -0.25) is 4.79 Å². The first kappa shape index (κ1) is 13.0. The van der Waals surface area contributed by atoms with Crippen LogP contribution in [0.15, 0.2) is 20.1 Å². The van der Waals surface area contributed by atoms with Crippen molar-refractivity contribution in [1.82, 2.24) is 9.21 Å². The summed E-state index contributed by atoms with van der Waals surface area (Å²) < 4.78 is 27.0. The summed E-state index contributed by atoms with van der Waals surface area (Å²) in [4.78, 5) is 12.1. The van der Waals surface area contributed by atoms with Gasteiger partial charge in [-0.25, -0.2) is 8.42 Å². The number of rotatable bonds is 3. The molecule has 0 bridgehead atoms. The van der Waals surface area contributed by atoms with Crippen LogP contribution in [0.5, 0.6) is 0 Å². The third-order valence-electron chi connectivity index (χ3n) is 2.57. The van der Waals surface area contributed by atoms with E-state index in [1.165, 1.54) is 15.6 Å². The van der Waals surface area contributed by atoms with Gasteiger partial charge < -0.3 is 4.90 Å². The predicted octanol–water partition coefficient (Wildman–Crippen LogP) is 0.973. The molecule has 2 rings (SSSR count). The highest BCUT2D eigenvalue weighted by Gasteiger charge is 2.29. The summed E-state index contributed by atoms with van der Waals surface area (Å²) >= 11 is 4.45. The Balaban J connectivity index is 2.15. The van der Waals surface area contributed by atoms with E-state index in [0.717, 1.165) is 10.2 Å². The molecule has 5 nitrogen and oxygen atoms in total. The molecular weight excluding hydrogens is 328 g/mol. The van der Waals surface area contributed by atoms with Gasteiger partial charge in [-0.2, -0.15) is 4.31 Å². The second-order valence-corrected chi connectivity index (χ2v) is 8.23. The second-order valence-electron chi connectivity index (χ2n) is 3.60. The lowest BCUT2D eigenvalue weighted by atomic mass is 10.4. The summed E-state index contributed by atoms with van der Waals surface area (Å²) in [5, 5.41) is 0. The van der Waals surface area contributed by atoms with Gasteiger partial charge in [0.1, 0.15) is 4.21 Å². The van der Waals surface area contributed by atoms with E-state index in [9.17, 15) is 13.2 Å². The van der Waals surface area contributed by atoms with E-state index in [0.29, 0.717) is 30.4 Å². The topological polar surface area (TPSA) is 57.7 Å². The molecule has 0 aliphatic carbocycles. The van der Waals surface area contributed by atoms with Crippen molar-refractivity contribution < 1.29 is 13.2 Å². The molecule has 1 aromatic heterocycles. The predicted molar refractivity (Wildman–Crippen MR) is 68.4 cm³/mol. The maximum Gasteiger partial charge on any atom is 0.252 e. The Labute approximate surface area is 112 Å². The van der Waals surface area contributed by atoms with Gasteiger partial charge in [-0.05, 0) is 28.1 Å². The fourth-order valence-corrected chi connectivity index (χ4v) is 5.20. The van der Waals surface area contributed by atoms with Crippen LogP contribution in [0.1, 0.15) is 0 Å². The van der Waals surface area contributed by atoms with Crippen LogP contribution < -0.4 is 0 Å². The van der Waals surface area contributed by atoms with Gasteiger partial charge in [-0.15, -0.1) is 11.3 Å². The lowest BCUT2D eigenvalue weighted by Gasteiger charge is -2.31. The largest absolute Gasteiger partial charge is 0.343 e. The Hall–Kier alpha value is -0.440. The molecule has 1 aliphatic rings. The van der Waals surface area contributed by atoms with Gasteiger partial charge in [0.2, 0.25) is 6.41 Å². The average Bonchev–Trinajstić information content (AvgIpc) is 2.77. The normalized spacial score (nSPS) is 18.3. The molecule has 17 heavy (non-hydrogen) atoms. The van der Waals surface area contributed by atoms with Gasteiger partial charge in [0.05, 0.1) is 3.79 Å². The van der Waals surface area contributed by atoms with Crippen LogP contribution in [-0.4, -0.2) is 50.2 Å². The van der Waals surface area contributed by atoms with E-state index in [1.54, 1.807) is 17.0 Å². The summed E-state index contributed by atoms with van der Waals surface area (Å²) in [7, 11) is -3.39. The quantitative estimate of drug-likeness (QED) is 0.772. The average molecular weight is 339 g/mol. The van der Waals surface area contributed by atoms with Crippen molar-refractivity contribution >= 4 is 43.7 Å². The summed E-state index contributed by atoms with van der Waals surface area (Å²) in [6.07, 6.45) is 0.756. The summed E-state index contributed by atoms with van der Waals surface area (Å²) in [5.74, 6) is 0. The molecule has 1 saturated heterocycles. The van der Waals surface area contributed by atoms with Gasteiger partial charge >= 0.3 is 0 Å². The van der Waals surface area contributed by atoms with Crippen LogP contribution in [-0.2, 0) is 14.8 Å². The van der Waals surface area contributed by atoms with E-state index in [2.05, 4.69) is 15.9 Å². The standard InChI is InChI=1S/C9H11BrN2O3S2/c10-8-1-2-9(16-8)17(14,15)12-5-3-11(7-13)4-6-12/h1-2,7H,3-6H2. The maximum absolute atomic E-state index is 12.2. The number of carbonyl (C=O) groups is 1. The van der Waals surface area contributed by atoms with Gasteiger partial charge in [-0.1, -0.05) is 0 Å². The van der Waals surface area contributed by atoms with E-state index in [4.69, 9.17) is 0 Å². The number of carbonyl (C=O) groups excluding carboxylic acids is 1. The van der Waals surface area contributed by atoms with Gasteiger partial charge in [0.25, 0.3) is 10.0 Å². The fraction of sp³-hybridized carbons (Fsp3) is 0.444. The highest BCUT2D eigenvalue weighted by Crippen LogP contribution is 2.28. The molecule has 0 unspecified atom stereocenters. The third-order valence-corrected chi connectivity index (χ3v) is 6.55. The zero-order valence-electron chi connectivity index (χ0n) is 8.87. The summed E-state index contributed by atoms with van der Waals surface area (Å²) in [5.41, 5.74) is 0. The number of piperazine rings is 1. The Bertz CT molecular complexity index is 506. The van der Waals surface area contributed by atoms with Gasteiger partial charge in [0.15, 0.2) is 0 Å². The van der Waals surface area contributed by atoms with Crippen molar-refractivity contribution in [2.24, 2.45) is 0 Å². The van der Waals surface area contributed by atoms with Crippen molar-refractivity contribution in [3.8, 4) is 0 Å². The zero-order chi connectivity index (χ0) is 12.5.